The van der Waals surface area contributed by atoms with E-state index in [0.29, 0.717) is 31.4 Å². The van der Waals surface area contributed by atoms with E-state index in [0.717, 1.165) is 36.2 Å². The van der Waals surface area contributed by atoms with Gasteiger partial charge in [-0.15, -0.1) is 0 Å². The van der Waals surface area contributed by atoms with E-state index >= 15 is 0 Å². The topological polar surface area (TPSA) is 50.5 Å². The molecule has 5 nitrogen and oxygen atoms in total. The number of hydrogen-bond acceptors (Lipinski definition) is 4. The number of halogens is 1. The van der Waals surface area contributed by atoms with Gasteiger partial charge in [0.15, 0.2) is 11.6 Å². The summed E-state index contributed by atoms with van der Waals surface area (Å²) in [5, 5.41) is 15.1. The average molecular weight is 424 g/mol. The van der Waals surface area contributed by atoms with Crippen LogP contribution in [0.5, 0.6) is 11.6 Å². The highest BCUT2D eigenvalue weighted by Gasteiger charge is 2.32. The summed E-state index contributed by atoms with van der Waals surface area (Å²) in [7, 11) is 0. The van der Waals surface area contributed by atoms with Gasteiger partial charge in [-0.05, 0) is 49.9 Å². The number of para-hydroxylation sites is 2. The molecule has 3 aromatic rings. The van der Waals surface area contributed by atoms with Crippen LogP contribution in [0.3, 0.4) is 0 Å². The molecule has 6 heteroatoms. The molecule has 2 aromatic carbocycles. The van der Waals surface area contributed by atoms with Crippen molar-refractivity contribution in [2.45, 2.75) is 58.2 Å². The standard InChI is InChI=1S/C25H30FN3O2/c1-3-20(30)16-28(18-14-15-18)17-21-23(4-2)27-29(19-10-6-5-7-11-19)25(21)31-24-13-9-8-12-22(24)26/h5-13,18,20,30H,3-4,14-17H2,1-2H3. The fourth-order valence-electron chi connectivity index (χ4n) is 3.79. The third-order valence-electron chi connectivity index (χ3n) is 5.74. The molecule has 0 bridgehead atoms. The highest BCUT2D eigenvalue weighted by Crippen LogP contribution is 2.36. The Kier molecular flexibility index (Phi) is 6.68. The van der Waals surface area contributed by atoms with Crippen LogP contribution >= 0.6 is 0 Å². The van der Waals surface area contributed by atoms with E-state index in [2.05, 4.69) is 11.8 Å². The Morgan fingerprint density at radius 2 is 1.84 bits per heavy atom. The van der Waals surface area contributed by atoms with Crippen LogP contribution < -0.4 is 4.74 Å². The zero-order valence-corrected chi connectivity index (χ0v) is 18.2. The molecule has 0 aliphatic heterocycles. The van der Waals surface area contributed by atoms with Gasteiger partial charge in [0.1, 0.15) is 0 Å². The van der Waals surface area contributed by atoms with Crippen molar-refractivity contribution in [2.24, 2.45) is 0 Å². The first-order valence-electron chi connectivity index (χ1n) is 11.1. The SMILES string of the molecule is CCc1nn(-c2ccccc2)c(Oc2ccccc2F)c1CN(CC(O)CC)C1CC1. The summed E-state index contributed by atoms with van der Waals surface area (Å²) in [6.45, 7) is 5.28. The molecule has 1 atom stereocenters. The highest BCUT2D eigenvalue weighted by molar-refractivity contribution is 5.44. The van der Waals surface area contributed by atoms with E-state index in [4.69, 9.17) is 9.84 Å². The van der Waals surface area contributed by atoms with Gasteiger partial charge in [-0.3, -0.25) is 4.90 Å². The third-order valence-corrected chi connectivity index (χ3v) is 5.74. The second-order valence-corrected chi connectivity index (χ2v) is 8.09. The number of rotatable bonds is 10. The van der Waals surface area contributed by atoms with Crippen LogP contribution in [0.1, 0.15) is 44.4 Å². The molecule has 1 fully saturated rings. The summed E-state index contributed by atoms with van der Waals surface area (Å²) in [5.41, 5.74) is 2.73. The Hall–Kier alpha value is -2.70. The highest BCUT2D eigenvalue weighted by atomic mass is 19.1. The molecule has 31 heavy (non-hydrogen) atoms. The lowest BCUT2D eigenvalue weighted by molar-refractivity contribution is 0.100. The van der Waals surface area contributed by atoms with Crippen molar-refractivity contribution in [3.05, 3.63) is 71.7 Å². The monoisotopic (exact) mass is 423 g/mol. The smallest absolute Gasteiger partial charge is 0.227 e. The van der Waals surface area contributed by atoms with E-state index in [1.165, 1.54) is 6.07 Å². The summed E-state index contributed by atoms with van der Waals surface area (Å²) < 4.78 is 22.4. The summed E-state index contributed by atoms with van der Waals surface area (Å²) in [6, 6.07) is 16.7. The van der Waals surface area contributed by atoms with E-state index in [-0.39, 0.29) is 11.9 Å². The molecule has 1 aliphatic carbocycles. The van der Waals surface area contributed by atoms with Crippen molar-refractivity contribution in [3.8, 4) is 17.3 Å². The minimum Gasteiger partial charge on any atom is -0.435 e. The van der Waals surface area contributed by atoms with E-state index in [9.17, 15) is 9.50 Å². The number of aromatic nitrogens is 2. The predicted octanol–water partition coefficient (Wildman–Crippen LogP) is 5.10. The largest absolute Gasteiger partial charge is 0.435 e. The van der Waals surface area contributed by atoms with Gasteiger partial charge in [-0.2, -0.15) is 5.10 Å². The maximum absolute atomic E-state index is 14.5. The maximum atomic E-state index is 14.5. The molecule has 0 radical (unpaired) electrons. The fourth-order valence-corrected chi connectivity index (χ4v) is 3.79. The lowest BCUT2D eigenvalue weighted by atomic mass is 10.1. The molecular weight excluding hydrogens is 393 g/mol. The van der Waals surface area contributed by atoms with E-state index < -0.39 is 5.82 Å². The van der Waals surface area contributed by atoms with Gasteiger partial charge in [0.2, 0.25) is 5.88 Å². The van der Waals surface area contributed by atoms with Gasteiger partial charge >= 0.3 is 0 Å². The number of nitrogens with zero attached hydrogens (tertiary/aromatic N) is 3. The minimum absolute atomic E-state index is 0.176. The average Bonchev–Trinajstić information content (AvgIpc) is 3.59. The molecular formula is C25H30FN3O2. The van der Waals surface area contributed by atoms with Crippen LogP contribution in [0, 0.1) is 5.82 Å². The molecule has 1 unspecified atom stereocenters. The Morgan fingerprint density at radius 1 is 1.13 bits per heavy atom. The van der Waals surface area contributed by atoms with Crippen molar-refractivity contribution in [2.75, 3.05) is 6.54 Å². The van der Waals surface area contributed by atoms with Crippen LogP contribution in [0.25, 0.3) is 5.69 Å². The van der Waals surface area contributed by atoms with E-state index in [1.54, 1.807) is 22.9 Å². The van der Waals surface area contributed by atoms with Crippen molar-refractivity contribution < 1.29 is 14.2 Å². The fraction of sp³-hybridized carbons (Fsp3) is 0.400. The van der Waals surface area contributed by atoms with Gasteiger partial charge < -0.3 is 9.84 Å². The quantitative estimate of drug-likeness (QED) is 0.493. The predicted molar refractivity (Wildman–Crippen MR) is 119 cm³/mol. The second kappa shape index (κ2) is 9.62. The van der Waals surface area contributed by atoms with Crippen molar-refractivity contribution >= 4 is 0 Å². The second-order valence-electron chi connectivity index (χ2n) is 8.09. The number of aliphatic hydroxyl groups is 1. The first-order valence-corrected chi connectivity index (χ1v) is 11.1. The van der Waals surface area contributed by atoms with Crippen molar-refractivity contribution in [1.29, 1.82) is 0 Å². The molecule has 4 rings (SSSR count). The number of hydrogen-bond donors (Lipinski definition) is 1. The normalized spacial score (nSPS) is 14.7. The van der Waals surface area contributed by atoms with Gasteiger partial charge in [0.25, 0.3) is 0 Å². The molecule has 1 saturated carbocycles. The zero-order chi connectivity index (χ0) is 21.8. The van der Waals surface area contributed by atoms with Gasteiger partial charge in [0, 0.05) is 19.1 Å². The Labute approximate surface area is 183 Å². The number of benzene rings is 2. The molecule has 1 aliphatic rings. The third kappa shape index (κ3) is 4.97. The number of aliphatic hydroxyl groups excluding tert-OH is 1. The molecule has 1 aromatic heterocycles. The Bertz CT molecular complexity index is 1000. The van der Waals surface area contributed by atoms with Crippen LogP contribution in [-0.2, 0) is 13.0 Å². The van der Waals surface area contributed by atoms with E-state index in [1.807, 2.05) is 37.3 Å². The molecule has 0 amide bonds. The number of aryl methyl sites for hydroxylation is 1. The first-order chi connectivity index (χ1) is 15.1. The van der Waals surface area contributed by atoms with Gasteiger partial charge in [0.05, 0.1) is 23.0 Å². The zero-order valence-electron chi connectivity index (χ0n) is 18.2. The molecule has 164 valence electrons. The summed E-state index contributed by atoms with van der Waals surface area (Å²) in [4.78, 5) is 2.31. The summed E-state index contributed by atoms with van der Waals surface area (Å²) in [6.07, 6.45) is 3.34. The molecule has 1 heterocycles. The molecule has 1 N–H and O–H groups in total. The van der Waals surface area contributed by atoms with Crippen LogP contribution in [0.2, 0.25) is 0 Å². The maximum Gasteiger partial charge on any atom is 0.227 e. The van der Waals surface area contributed by atoms with Gasteiger partial charge in [-0.25, -0.2) is 9.07 Å². The van der Waals surface area contributed by atoms with Crippen LogP contribution in [0.4, 0.5) is 4.39 Å². The van der Waals surface area contributed by atoms with Crippen LogP contribution in [0.15, 0.2) is 54.6 Å². The lowest BCUT2D eigenvalue weighted by Crippen LogP contribution is -2.33. The lowest BCUT2D eigenvalue weighted by Gasteiger charge is -2.25. The van der Waals surface area contributed by atoms with Gasteiger partial charge in [-0.1, -0.05) is 44.2 Å². The van der Waals surface area contributed by atoms with Crippen molar-refractivity contribution in [1.82, 2.24) is 14.7 Å². The molecule has 0 saturated heterocycles. The summed E-state index contributed by atoms with van der Waals surface area (Å²) >= 11 is 0. The Balaban J connectivity index is 1.77. The Morgan fingerprint density at radius 3 is 2.48 bits per heavy atom. The van der Waals surface area contributed by atoms with Crippen molar-refractivity contribution in [3.63, 3.8) is 0 Å². The minimum atomic E-state index is -0.409. The summed E-state index contributed by atoms with van der Waals surface area (Å²) in [5.74, 6) is 0.299. The van der Waals surface area contributed by atoms with Crippen LogP contribution in [-0.4, -0.2) is 38.5 Å². The number of ether oxygens (including phenoxy) is 1. The first kappa shape index (κ1) is 21.5. The molecule has 0 spiro atoms.